The summed E-state index contributed by atoms with van der Waals surface area (Å²) in [6.07, 6.45) is 1.62. The molecule has 0 bridgehead atoms. The first-order chi connectivity index (χ1) is 6.74. The molecule has 14 heavy (non-hydrogen) atoms. The van der Waals surface area contributed by atoms with E-state index in [4.69, 9.17) is 5.73 Å². The highest BCUT2D eigenvalue weighted by molar-refractivity contribution is 8.01. The van der Waals surface area contributed by atoms with Gasteiger partial charge in [0.25, 0.3) is 0 Å². The fourth-order valence-electron chi connectivity index (χ4n) is 0.822. The molecule has 0 saturated carbocycles. The number of nitrogens with zero attached hydrogens (tertiary/aromatic N) is 4. The first-order valence-electron chi connectivity index (χ1n) is 3.80. The van der Waals surface area contributed by atoms with Crippen LogP contribution in [0.3, 0.4) is 0 Å². The van der Waals surface area contributed by atoms with Gasteiger partial charge in [-0.05, 0) is 24.8 Å². The maximum absolute atomic E-state index is 5.45. The van der Waals surface area contributed by atoms with E-state index in [-0.39, 0.29) is 5.95 Å². The van der Waals surface area contributed by atoms with Gasteiger partial charge in [-0.2, -0.15) is 0 Å². The van der Waals surface area contributed by atoms with Gasteiger partial charge in [-0.1, -0.05) is 11.3 Å². The third-order valence-corrected chi connectivity index (χ3v) is 3.17. The highest BCUT2D eigenvalue weighted by Crippen LogP contribution is 2.28. The zero-order valence-corrected chi connectivity index (χ0v) is 8.97. The Morgan fingerprint density at radius 3 is 2.93 bits per heavy atom. The Morgan fingerprint density at radius 1 is 1.43 bits per heavy atom. The van der Waals surface area contributed by atoms with Crippen molar-refractivity contribution >= 4 is 29.0 Å². The summed E-state index contributed by atoms with van der Waals surface area (Å²) in [7, 11) is 0. The first kappa shape index (κ1) is 9.35. The number of anilines is 1. The second-order valence-electron chi connectivity index (χ2n) is 2.44. The Hall–Kier alpha value is -1.21. The molecule has 0 radical (unpaired) electrons. The van der Waals surface area contributed by atoms with Crippen molar-refractivity contribution in [2.24, 2.45) is 0 Å². The third-order valence-electron chi connectivity index (χ3n) is 1.35. The Balaban J connectivity index is 2.18. The molecule has 0 unspecified atom stereocenters. The van der Waals surface area contributed by atoms with Gasteiger partial charge in [0.05, 0.1) is 0 Å². The second kappa shape index (κ2) is 3.89. The molecule has 0 amide bonds. The van der Waals surface area contributed by atoms with Crippen LogP contribution in [0.15, 0.2) is 21.6 Å². The molecule has 2 N–H and O–H groups in total. The predicted molar refractivity (Wildman–Crippen MR) is 55.2 cm³/mol. The summed E-state index contributed by atoms with van der Waals surface area (Å²) < 4.78 is 0.862. The lowest BCUT2D eigenvalue weighted by atomic mass is 10.7. The number of hydrogen-bond donors (Lipinski definition) is 1. The number of nitrogen functional groups attached to an aromatic ring is 1. The zero-order chi connectivity index (χ0) is 9.97. The lowest BCUT2D eigenvalue weighted by molar-refractivity contribution is 0.978. The van der Waals surface area contributed by atoms with E-state index in [1.165, 1.54) is 23.1 Å². The van der Waals surface area contributed by atoms with Gasteiger partial charge in [-0.3, -0.25) is 0 Å². The first-order valence-corrected chi connectivity index (χ1v) is 5.44. The lowest BCUT2D eigenvalue weighted by Crippen LogP contribution is -1.93. The highest BCUT2D eigenvalue weighted by atomic mass is 32.2. The number of hydrogen-bond acceptors (Lipinski definition) is 7. The summed E-state index contributed by atoms with van der Waals surface area (Å²) >= 11 is 2.96. The van der Waals surface area contributed by atoms with Gasteiger partial charge in [0, 0.05) is 6.20 Å². The number of aryl methyl sites for hydroxylation is 1. The average Bonchev–Trinajstić information content (AvgIpc) is 2.51. The van der Waals surface area contributed by atoms with Crippen LogP contribution in [-0.2, 0) is 0 Å². The molecular formula is C7H7N5S2. The van der Waals surface area contributed by atoms with Crippen molar-refractivity contribution in [3.63, 3.8) is 0 Å². The van der Waals surface area contributed by atoms with E-state index in [1.807, 2.05) is 6.92 Å². The topological polar surface area (TPSA) is 77.6 Å². The molecule has 0 fully saturated rings. The van der Waals surface area contributed by atoms with Crippen molar-refractivity contribution < 1.29 is 0 Å². The van der Waals surface area contributed by atoms with E-state index >= 15 is 0 Å². The van der Waals surface area contributed by atoms with Crippen LogP contribution in [0.1, 0.15) is 5.01 Å². The van der Waals surface area contributed by atoms with Crippen molar-refractivity contribution in [2.45, 2.75) is 16.3 Å². The molecule has 0 spiro atoms. The molecule has 72 valence electrons. The van der Waals surface area contributed by atoms with Crippen molar-refractivity contribution in [3.05, 3.63) is 17.3 Å². The minimum absolute atomic E-state index is 0.274. The van der Waals surface area contributed by atoms with E-state index in [9.17, 15) is 0 Å². The van der Waals surface area contributed by atoms with Crippen LogP contribution in [0.4, 0.5) is 5.95 Å². The van der Waals surface area contributed by atoms with Gasteiger partial charge < -0.3 is 5.73 Å². The van der Waals surface area contributed by atoms with Gasteiger partial charge in [0.15, 0.2) is 4.34 Å². The summed E-state index contributed by atoms with van der Waals surface area (Å²) in [5.74, 6) is 0.274. The third kappa shape index (κ3) is 2.18. The van der Waals surface area contributed by atoms with Crippen LogP contribution < -0.4 is 5.73 Å². The van der Waals surface area contributed by atoms with Gasteiger partial charge in [0.1, 0.15) is 10.0 Å². The van der Waals surface area contributed by atoms with Crippen LogP contribution in [0, 0.1) is 6.92 Å². The maximum Gasteiger partial charge on any atom is 0.221 e. The molecule has 2 aromatic heterocycles. The average molecular weight is 225 g/mol. The normalized spacial score (nSPS) is 10.4. The standard InChI is InChI=1S/C7H7N5S2/c1-4-11-12-7(13-4)14-5-2-3-9-6(8)10-5/h2-3H,1H3,(H2,8,9,10). The quantitative estimate of drug-likeness (QED) is 0.778. The molecule has 5 nitrogen and oxygen atoms in total. The summed E-state index contributed by atoms with van der Waals surface area (Å²) in [5, 5.41) is 9.60. The van der Waals surface area contributed by atoms with E-state index in [1.54, 1.807) is 12.3 Å². The summed E-state index contributed by atoms with van der Waals surface area (Å²) in [4.78, 5) is 7.85. The zero-order valence-electron chi connectivity index (χ0n) is 7.34. The molecular weight excluding hydrogens is 218 g/mol. The van der Waals surface area contributed by atoms with Gasteiger partial charge >= 0.3 is 0 Å². The Bertz CT molecular complexity index is 441. The monoisotopic (exact) mass is 225 g/mol. The van der Waals surface area contributed by atoms with Gasteiger partial charge in [0.2, 0.25) is 5.95 Å². The molecule has 0 aliphatic heterocycles. The van der Waals surface area contributed by atoms with Crippen molar-refractivity contribution in [1.82, 2.24) is 20.2 Å². The molecule has 0 aliphatic carbocycles. The van der Waals surface area contributed by atoms with Crippen LogP contribution in [0.5, 0.6) is 0 Å². The molecule has 0 aromatic carbocycles. The molecule has 2 heterocycles. The van der Waals surface area contributed by atoms with Crippen molar-refractivity contribution in [1.29, 1.82) is 0 Å². The smallest absolute Gasteiger partial charge is 0.221 e. The summed E-state index contributed by atoms with van der Waals surface area (Å²) in [6.45, 7) is 1.91. The van der Waals surface area contributed by atoms with Crippen molar-refractivity contribution in [3.8, 4) is 0 Å². The summed E-state index contributed by atoms with van der Waals surface area (Å²) in [6, 6.07) is 1.79. The fraction of sp³-hybridized carbons (Fsp3) is 0.143. The van der Waals surface area contributed by atoms with Crippen molar-refractivity contribution in [2.75, 3.05) is 5.73 Å². The fourth-order valence-corrected chi connectivity index (χ4v) is 2.55. The Morgan fingerprint density at radius 2 is 2.29 bits per heavy atom. The van der Waals surface area contributed by atoms with E-state index in [0.717, 1.165) is 14.4 Å². The highest BCUT2D eigenvalue weighted by Gasteiger charge is 2.04. The second-order valence-corrected chi connectivity index (χ2v) is 4.89. The van der Waals surface area contributed by atoms with Gasteiger partial charge in [-0.25, -0.2) is 9.97 Å². The molecule has 0 saturated heterocycles. The van der Waals surface area contributed by atoms with Crippen LogP contribution in [-0.4, -0.2) is 20.2 Å². The summed E-state index contributed by atoms with van der Waals surface area (Å²) in [5.41, 5.74) is 5.45. The van der Waals surface area contributed by atoms with E-state index < -0.39 is 0 Å². The molecule has 2 rings (SSSR count). The van der Waals surface area contributed by atoms with Crippen LogP contribution in [0.25, 0.3) is 0 Å². The Labute approximate surface area is 88.8 Å². The molecule has 7 heteroatoms. The maximum atomic E-state index is 5.45. The SMILES string of the molecule is Cc1nnc(Sc2ccnc(N)n2)s1. The molecule has 2 aromatic rings. The largest absolute Gasteiger partial charge is 0.368 e. The number of rotatable bonds is 2. The number of nitrogens with two attached hydrogens (primary N) is 1. The Kier molecular flexibility index (Phi) is 2.60. The number of aromatic nitrogens is 4. The lowest BCUT2D eigenvalue weighted by Gasteiger charge is -1.95. The van der Waals surface area contributed by atoms with E-state index in [2.05, 4.69) is 20.2 Å². The van der Waals surface area contributed by atoms with Crippen LogP contribution in [0.2, 0.25) is 0 Å². The van der Waals surface area contributed by atoms with Crippen LogP contribution >= 0.6 is 23.1 Å². The van der Waals surface area contributed by atoms with Gasteiger partial charge in [-0.15, -0.1) is 10.2 Å². The molecule has 0 aliphatic rings. The minimum atomic E-state index is 0.274. The minimum Gasteiger partial charge on any atom is -0.368 e. The molecule has 0 atom stereocenters. The van der Waals surface area contributed by atoms with E-state index in [0.29, 0.717) is 0 Å². The predicted octanol–water partition coefficient (Wildman–Crippen LogP) is 1.37.